The van der Waals surface area contributed by atoms with E-state index in [1.807, 2.05) is 30.3 Å². The van der Waals surface area contributed by atoms with Gasteiger partial charge in [0.15, 0.2) is 0 Å². The Labute approximate surface area is 115 Å². The van der Waals surface area contributed by atoms with Crippen molar-refractivity contribution >= 4 is 23.3 Å². The number of nitriles is 1. The number of anilines is 1. The lowest BCUT2D eigenvalue weighted by Crippen LogP contribution is -2.19. The fraction of sp³-hybridized carbons (Fsp3) is 0. The van der Waals surface area contributed by atoms with Gasteiger partial charge in [-0.15, -0.1) is 4.99 Å². The minimum atomic E-state index is 0.0711. The Kier molecular flexibility index (Phi) is 4.38. The van der Waals surface area contributed by atoms with Gasteiger partial charge in [-0.1, -0.05) is 41.9 Å². The van der Waals surface area contributed by atoms with Crippen molar-refractivity contribution in [3.8, 4) is 11.9 Å². The Morgan fingerprint density at radius 1 is 1.11 bits per heavy atom. The third-order valence-corrected chi connectivity index (χ3v) is 2.55. The third kappa shape index (κ3) is 3.73. The van der Waals surface area contributed by atoms with Gasteiger partial charge in [-0.25, -0.2) is 0 Å². The van der Waals surface area contributed by atoms with Crippen LogP contribution >= 0.6 is 11.6 Å². The molecule has 5 heteroatoms. The number of hydrogen-bond donors (Lipinski definition) is 1. The number of nitrogens with one attached hydrogen (secondary N) is 1. The fourth-order valence-corrected chi connectivity index (χ4v) is 1.58. The monoisotopic (exact) mass is 271 g/mol. The van der Waals surface area contributed by atoms with Gasteiger partial charge in [-0.05, 0) is 24.3 Å². The highest BCUT2D eigenvalue weighted by molar-refractivity contribution is 6.33. The smallest absolute Gasteiger partial charge is 0.310 e. The van der Waals surface area contributed by atoms with E-state index in [9.17, 15) is 0 Å². The highest BCUT2D eigenvalue weighted by Crippen LogP contribution is 2.21. The fourth-order valence-electron chi connectivity index (χ4n) is 1.40. The zero-order chi connectivity index (χ0) is 13.5. The molecular formula is C14H10ClN3O. The summed E-state index contributed by atoms with van der Waals surface area (Å²) in [4.78, 5) is 3.59. The van der Waals surface area contributed by atoms with Crippen LogP contribution in [0.25, 0.3) is 0 Å². The molecule has 1 N–H and O–H groups in total. The van der Waals surface area contributed by atoms with Gasteiger partial charge < -0.3 is 10.1 Å². The average Bonchev–Trinajstić information content (AvgIpc) is 2.43. The van der Waals surface area contributed by atoms with Crippen LogP contribution in [0.2, 0.25) is 5.02 Å². The predicted octanol–water partition coefficient (Wildman–Crippen LogP) is 3.67. The zero-order valence-corrected chi connectivity index (χ0v) is 10.6. The third-order valence-electron chi connectivity index (χ3n) is 2.22. The van der Waals surface area contributed by atoms with Crippen LogP contribution in [-0.2, 0) is 0 Å². The Morgan fingerprint density at radius 2 is 1.79 bits per heavy atom. The molecule has 0 heterocycles. The Bertz CT molecular complexity index is 620. The maximum atomic E-state index is 8.67. The van der Waals surface area contributed by atoms with Crippen molar-refractivity contribution < 1.29 is 4.74 Å². The summed E-state index contributed by atoms with van der Waals surface area (Å²) in [5.41, 5.74) is 0.620. The summed E-state index contributed by atoms with van der Waals surface area (Å²) in [5.74, 6) is 0.580. The van der Waals surface area contributed by atoms with Crippen LogP contribution in [0, 0.1) is 11.5 Å². The molecule has 0 aromatic heterocycles. The molecule has 0 amide bonds. The van der Waals surface area contributed by atoms with E-state index in [0.29, 0.717) is 16.5 Å². The molecule has 2 aromatic carbocycles. The number of hydrogen-bond acceptors (Lipinski definition) is 3. The number of amidine groups is 1. The van der Waals surface area contributed by atoms with Crippen molar-refractivity contribution in [3.63, 3.8) is 0 Å². The van der Waals surface area contributed by atoms with Gasteiger partial charge in [0.05, 0.1) is 10.7 Å². The molecule has 0 saturated carbocycles. The summed E-state index contributed by atoms with van der Waals surface area (Å²) >= 11 is 6.02. The molecule has 94 valence electrons. The summed E-state index contributed by atoms with van der Waals surface area (Å²) in [6.07, 6.45) is 1.69. The number of benzene rings is 2. The first-order valence-electron chi connectivity index (χ1n) is 5.51. The summed E-state index contributed by atoms with van der Waals surface area (Å²) in [7, 11) is 0. The molecule has 0 radical (unpaired) electrons. The lowest BCUT2D eigenvalue weighted by Gasteiger charge is -2.10. The van der Waals surface area contributed by atoms with Gasteiger partial charge in [0.1, 0.15) is 5.75 Å². The van der Waals surface area contributed by atoms with Crippen molar-refractivity contribution in [2.75, 3.05) is 5.32 Å². The molecular weight excluding hydrogens is 262 g/mol. The second kappa shape index (κ2) is 6.43. The van der Waals surface area contributed by atoms with E-state index in [4.69, 9.17) is 21.6 Å². The molecule has 2 rings (SSSR count). The first kappa shape index (κ1) is 12.9. The van der Waals surface area contributed by atoms with Crippen LogP contribution < -0.4 is 10.1 Å². The van der Waals surface area contributed by atoms with Crippen LogP contribution in [0.15, 0.2) is 59.6 Å². The van der Waals surface area contributed by atoms with Crippen LogP contribution in [0.3, 0.4) is 0 Å². The Morgan fingerprint density at radius 3 is 2.47 bits per heavy atom. The quantitative estimate of drug-likeness (QED) is 0.515. The molecule has 0 saturated heterocycles. The predicted molar refractivity (Wildman–Crippen MR) is 75.2 cm³/mol. The Hall–Kier alpha value is -2.51. The first-order chi connectivity index (χ1) is 9.29. The van der Waals surface area contributed by atoms with Crippen LogP contribution in [0.5, 0.6) is 5.75 Å². The molecule has 0 unspecified atom stereocenters. The molecule has 4 nitrogen and oxygen atoms in total. The summed E-state index contributed by atoms with van der Waals surface area (Å²) in [6.45, 7) is 0. The number of aliphatic imine (C=N–C) groups is 1. The normalized spacial score (nSPS) is 10.6. The van der Waals surface area contributed by atoms with E-state index >= 15 is 0 Å². The lowest BCUT2D eigenvalue weighted by atomic mass is 10.3. The average molecular weight is 272 g/mol. The first-order valence-corrected chi connectivity index (χ1v) is 5.88. The minimum Gasteiger partial charge on any atom is -0.425 e. The van der Waals surface area contributed by atoms with Crippen LogP contribution in [-0.4, -0.2) is 6.02 Å². The van der Waals surface area contributed by atoms with Gasteiger partial charge in [0.25, 0.3) is 0 Å². The second-order valence-electron chi connectivity index (χ2n) is 3.54. The van der Waals surface area contributed by atoms with Gasteiger partial charge in [-0.2, -0.15) is 5.26 Å². The van der Waals surface area contributed by atoms with Crippen molar-refractivity contribution in [3.05, 3.63) is 59.6 Å². The molecule has 0 aliphatic rings. The molecule has 0 fully saturated rings. The number of para-hydroxylation sites is 2. The van der Waals surface area contributed by atoms with E-state index in [1.54, 1.807) is 30.5 Å². The number of rotatable bonds is 2. The van der Waals surface area contributed by atoms with E-state index in [1.165, 1.54) is 0 Å². The van der Waals surface area contributed by atoms with E-state index in [2.05, 4.69) is 10.3 Å². The minimum absolute atomic E-state index is 0.0711. The van der Waals surface area contributed by atoms with E-state index < -0.39 is 0 Å². The SMILES string of the molecule is N#C/N=C(\Nc1ccccc1Cl)Oc1ccccc1. The lowest BCUT2D eigenvalue weighted by molar-refractivity contribution is 0.549. The van der Waals surface area contributed by atoms with Gasteiger partial charge in [0.2, 0.25) is 6.19 Å². The molecule has 0 spiro atoms. The highest BCUT2D eigenvalue weighted by atomic mass is 35.5. The summed E-state index contributed by atoms with van der Waals surface area (Å²) < 4.78 is 5.47. The second-order valence-corrected chi connectivity index (χ2v) is 3.94. The van der Waals surface area contributed by atoms with Crippen molar-refractivity contribution in [2.45, 2.75) is 0 Å². The zero-order valence-electron chi connectivity index (χ0n) is 9.88. The standard InChI is InChI=1S/C14H10ClN3O/c15-12-8-4-5-9-13(12)18-14(17-10-16)19-11-6-2-1-3-7-11/h1-9H,(H,17,18). The van der Waals surface area contributed by atoms with Crippen molar-refractivity contribution in [1.29, 1.82) is 5.26 Å². The number of halogens is 1. The van der Waals surface area contributed by atoms with Gasteiger partial charge >= 0.3 is 6.02 Å². The molecule has 0 bridgehead atoms. The highest BCUT2D eigenvalue weighted by Gasteiger charge is 2.06. The summed E-state index contributed by atoms with van der Waals surface area (Å²) in [6, 6.07) is 16.3. The molecule has 19 heavy (non-hydrogen) atoms. The molecule has 0 aliphatic carbocycles. The van der Waals surface area contributed by atoms with Crippen molar-refractivity contribution in [2.24, 2.45) is 4.99 Å². The maximum absolute atomic E-state index is 8.67. The van der Waals surface area contributed by atoms with Crippen LogP contribution in [0.4, 0.5) is 5.69 Å². The Balaban J connectivity index is 2.17. The number of ether oxygens (including phenoxy) is 1. The van der Waals surface area contributed by atoms with E-state index in [-0.39, 0.29) is 6.02 Å². The maximum Gasteiger partial charge on any atom is 0.310 e. The molecule has 0 aliphatic heterocycles. The van der Waals surface area contributed by atoms with Gasteiger partial charge in [0, 0.05) is 0 Å². The van der Waals surface area contributed by atoms with Crippen molar-refractivity contribution in [1.82, 2.24) is 0 Å². The number of nitrogens with zero attached hydrogens (tertiary/aromatic N) is 2. The topological polar surface area (TPSA) is 57.4 Å². The van der Waals surface area contributed by atoms with E-state index in [0.717, 1.165) is 0 Å². The van der Waals surface area contributed by atoms with Crippen LogP contribution in [0.1, 0.15) is 0 Å². The van der Waals surface area contributed by atoms with Gasteiger partial charge in [-0.3, -0.25) is 0 Å². The largest absolute Gasteiger partial charge is 0.425 e. The summed E-state index contributed by atoms with van der Waals surface area (Å²) in [5, 5.41) is 12.1. The molecule has 2 aromatic rings. The molecule has 0 atom stereocenters.